The van der Waals surface area contributed by atoms with Gasteiger partial charge in [-0.15, -0.1) is 0 Å². The maximum absolute atomic E-state index is 3.52. The number of hydrogen-bond acceptors (Lipinski definition) is 2. The average Bonchev–Trinajstić information content (AvgIpc) is 2.82. The van der Waals surface area contributed by atoms with E-state index < -0.39 is 0 Å². The standard InChI is InChI=1S/C15H23N3/c1-3-18(4-2)10-9-16-11-13-12-17-15-8-6-5-7-14(13)15/h5-8,12,16-17H,3-4,9-11H2,1-2H3. The smallest absolute Gasteiger partial charge is 0.0457 e. The number of aromatic amines is 1. The van der Waals surface area contributed by atoms with Gasteiger partial charge in [-0.05, 0) is 24.7 Å². The van der Waals surface area contributed by atoms with Crippen molar-refractivity contribution in [3.05, 3.63) is 36.0 Å². The monoisotopic (exact) mass is 245 g/mol. The van der Waals surface area contributed by atoms with Crippen LogP contribution in [0.1, 0.15) is 19.4 Å². The SMILES string of the molecule is CCN(CC)CCNCc1c[nH]c2ccccc12. The number of nitrogens with one attached hydrogen (secondary N) is 2. The average molecular weight is 245 g/mol. The fourth-order valence-corrected chi connectivity index (χ4v) is 2.28. The largest absolute Gasteiger partial charge is 0.361 e. The molecule has 2 aromatic rings. The van der Waals surface area contributed by atoms with Crippen LogP contribution < -0.4 is 5.32 Å². The van der Waals surface area contributed by atoms with E-state index in [2.05, 4.69) is 59.5 Å². The number of hydrogen-bond donors (Lipinski definition) is 2. The minimum absolute atomic E-state index is 0.936. The topological polar surface area (TPSA) is 31.1 Å². The lowest BCUT2D eigenvalue weighted by Crippen LogP contribution is -2.31. The van der Waals surface area contributed by atoms with Crippen molar-refractivity contribution in [2.24, 2.45) is 0 Å². The maximum Gasteiger partial charge on any atom is 0.0457 e. The van der Waals surface area contributed by atoms with Gasteiger partial charge in [-0.2, -0.15) is 0 Å². The Morgan fingerprint density at radius 1 is 1.17 bits per heavy atom. The van der Waals surface area contributed by atoms with Crippen LogP contribution in [0.25, 0.3) is 10.9 Å². The molecule has 98 valence electrons. The molecule has 1 aromatic heterocycles. The lowest BCUT2D eigenvalue weighted by Gasteiger charge is -2.17. The normalized spacial score (nSPS) is 11.5. The Morgan fingerprint density at radius 3 is 2.72 bits per heavy atom. The Hall–Kier alpha value is -1.32. The summed E-state index contributed by atoms with van der Waals surface area (Å²) >= 11 is 0. The number of para-hydroxylation sites is 1. The van der Waals surface area contributed by atoms with Gasteiger partial charge in [0.25, 0.3) is 0 Å². The van der Waals surface area contributed by atoms with Crippen LogP contribution in [0.3, 0.4) is 0 Å². The number of nitrogens with zero attached hydrogens (tertiary/aromatic N) is 1. The number of H-pyrrole nitrogens is 1. The van der Waals surface area contributed by atoms with Crippen molar-refractivity contribution in [3.63, 3.8) is 0 Å². The highest BCUT2D eigenvalue weighted by atomic mass is 15.1. The van der Waals surface area contributed by atoms with Crippen LogP contribution in [0, 0.1) is 0 Å². The summed E-state index contributed by atoms with van der Waals surface area (Å²) in [6, 6.07) is 8.45. The molecule has 0 aliphatic heterocycles. The molecule has 3 heteroatoms. The van der Waals surface area contributed by atoms with E-state index in [1.54, 1.807) is 0 Å². The molecular weight excluding hydrogens is 222 g/mol. The molecule has 3 nitrogen and oxygen atoms in total. The van der Waals surface area contributed by atoms with E-state index >= 15 is 0 Å². The van der Waals surface area contributed by atoms with Crippen molar-refractivity contribution in [2.75, 3.05) is 26.2 Å². The first-order valence-corrected chi connectivity index (χ1v) is 6.83. The fourth-order valence-electron chi connectivity index (χ4n) is 2.28. The van der Waals surface area contributed by atoms with E-state index in [-0.39, 0.29) is 0 Å². The molecule has 2 rings (SSSR count). The van der Waals surface area contributed by atoms with E-state index in [0.29, 0.717) is 0 Å². The van der Waals surface area contributed by atoms with Gasteiger partial charge < -0.3 is 15.2 Å². The van der Waals surface area contributed by atoms with Crippen molar-refractivity contribution in [1.29, 1.82) is 0 Å². The molecule has 1 heterocycles. The zero-order valence-electron chi connectivity index (χ0n) is 11.4. The number of likely N-dealkylation sites (N-methyl/N-ethyl adjacent to an activating group) is 1. The van der Waals surface area contributed by atoms with E-state index in [0.717, 1.165) is 32.7 Å². The van der Waals surface area contributed by atoms with Gasteiger partial charge in [0.2, 0.25) is 0 Å². The van der Waals surface area contributed by atoms with Gasteiger partial charge in [0, 0.05) is 36.7 Å². The third-order valence-corrected chi connectivity index (χ3v) is 3.49. The summed E-state index contributed by atoms with van der Waals surface area (Å²) in [4.78, 5) is 5.74. The first-order valence-electron chi connectivity index (χ1n) is 6.83. The van der Waals surface area contributed by atoms with Gasteiger partial charge in [-0.1, -0.05) is 32.0 Å². The lowest BCUT2D eigenvalue weighted by molar-refractivity contribution is 0.302. The van der Waals surface area contributed by atoms with Gasteiger partial charge in [0.1, 0.15) is 0 Å². The predicted octanol–water partition coefficient (Wildman–Crippen LogP) is 2.60. The first kappa shape index (κ1) is 13.1. The van der Waals surface area contributed by atoms with Gasteiger partial charge >= 0.3 is 0 Å². The highest BCUT2D eigenvalue weighted by Gasteiger charge is 2.02. The quantitative estimate of drug-likeness (QED) is 0.735. The molecule has 0 spiro atoms. The molecule has 0 unspecified atom stereocenters. The van der Waals surface area contributed by atoms with E-state index in [1.165, 1.54) is 16.5 Å². The minimum atomic E-state index is 0.936. The number of fused-ring (bicyclic) bond motifs is 1. The van der Waals surface area contributed by atoms with Crippen LogP contribution >= 0.6 is 0 Å². The molecule has 0 saturated carbocycles. The van der Waals surface area contributed by atoms with Crippen molar-refractivity contribution >= 4 is 10.9 Å². The summed E-state index contributed by atoms with van der Waals surface area (Å²) in [6.45, 7) is 9.78. The fraction of sp³-hybridized carbons (Fsp3) is 0.467. The second-order valence-corrected chi connectivity index (χ2v) is 4.56. The van der Waals surface area contributed by atoms with Crippen molar-refractivity contribution in [1.82, 2.24) is 15.2 Å². The third kappa shape index (κ3) is 3.12. The summed E-state index contributed by atoms with van der Waals surface area (Å²) in [6.07, 6.45) is 2.11. The second-order valence-electron chi connectivity index (χ2n) is 4.56. The van der Waals surface area contributed by atoms with Gasteiger partial charge in [0.05, 0.1) is 0 Å². The van der Waals surface area contributed by atoms with E-state index in [9.17, 15) is 0 Å². The zero-order chi connectivity index (χ0) is 12.8. The molecule has 0 radical (unpaired) electrons. The molecular formula is C15H23N3. The Bertz CT molecular complexity index is 471. The van der Waals surface area contributed by atoms with Gasteiger partial charge in [-0.3, -0.25) is 0 Å². The van der Waals surface area contributed by atoms with Crippen molar-refractivity contribution < 1.29 is 0 Å². The molecule has 0 amide bonds. The molecule has 0 bridgehead atoms. The molecule has 0 aliphatic rings. The Morgan fingerprint density at radius 2 is 1.94 bits per heavy atom. The number of rotatable bonds is 7. The highest BCUT2D eigenvalue weighted by molar-refractivity contribution is 5.82. The highest BCUT2D eigenvalue weighted by Crippen LogP contribution is 2.16. The summed E-state index contributed by atoms with van der Waals surface area (Å²) < 4.78 is 0. The van der Waals surface area contributed by atoms with Crippen LogP contribution in [-0.4, -0.2) is 36.1 Å². The molecule has 2 N–H and O–H groups in total. The summed E-state index contributed by atoms with van der Waals surface area (Å²) in [5.41, 5.74) is 2.57. The molecule has 0 saturated heterocycles. The molecule has 18 heavy (non-hydrogen) atoms. The minimum Gasteiger partial charge on any atom is -0.361 e. The molecule has 1 aromatic carbocycles. The van der Waals surface area contributed by atoms with Crippen LogP contribution in [-0.2, 0) is 6.54 Å². The lowest BCUT2D eigenvalue weighted by atomic mass is 10.2. The second kappa shape index (κ2) is 6.57. The van der Waals surface area contributed by atoms with Crippen LogP contribution in [0.5, 0.6) is 0 Å². The van der Waals surface area contributed by atoms with Crippen LogP contribution in [0.4, 0.5) is 0 Å². The van der Waals surface area contributed by atoms with Crippen LogP contribution in [0.15, 0.2) is 30.5 Å². The summed E-state index contributed by atoms with van der Waals surface area (Å²) in [5, 5.41) is 4.84. The predicted molar refractivity (Wildman–Crippen MR) is 77.8 cm³/mol. The Labute approximate surface area is 109 Å². The third-order valence-electron chi connectivity index (χ3n) is 3.49. The summed E-state index contributed by atoms with van der Waals surface area (Å²) in [7, 11) is 0. The molecule has 0 fully saturated rings. The number of benzene rings is 1. The Balaban J connectivity index is 1.83. The zero-order valence-corrected chi connectivity index (χ0v) is 11.4. The summed E-state index contributed by atoms with van der Waals surface area (Å²) in [5.74, 6) is 0. The maximum atomic E-state index is 3.52. The Kier molecular flexibility index (Phi) is 4.79. The van der Waals surface area contributed by atoms with Crippen LogP contribution in [0.2, 0.25) is 0 Å². The van der Waals surface area contributed by atoms with E-state index in [1.807, 2.05) is 0 Å². The molecule has 0 aliphatic carbocycles. The first-order chi connectivity index (χ1) is 8.85. The molecule has 0 atom stereocenters. The van der Waals surface area contributed by atoms with E-state index in [4.69, 9.17) is 0 Å². The number of aromatic nitrogens is 1. The van der Waals surface area contributed by atoms with Crippen molar-refractivity contribution in [2.45, 2.75) is 20.4 Å². The van der Waals surface area contributed by atoms with Crippen molar-refractivity contribution in [3.8, 4) is 0 Å². The van der Waals surface area contributed by atoms with Gasteiger partial charge in [0.15, 0.2) is 0 Å². The van der Waals surface area contributed by atoms with Gasteiger partial charge in [-0.25, -0.2) is 0 Å².